The number of aromatic carboxylic acids is 1. The number of carbonyl (C=O) groups is 1. The molecule has 4 rings (SSSR count). The highest BCUT2D eigenvalue weighted by atomic mass is 32.1. The van der Waals surface area contributed by atoms with E-state index in [0.29, 0.717) is 4.99 Å². The average molecular weight is 428 g/mol. The third-order valence-electron chi connectivity index (χ3n) is 5.87. The highest BCUT2D eigenvalue weighted by Crippen LogP contribution is 2.41. The van der Waals surface area contributed by atoms with Crippen molar-refractivity contribution in [1.82, 2.24) is 0 Å². The zero-order valence-corrected chi connectivity index (χ0v) is 18.7. The lowest BCUT2D eigenvalue weighted by Crippen LogP contribution is -2.22. The van der Waals surface area contributed by atoms with Crippen LogP contribution in [-0.4, -0.2) is 16.1 Å². The van der Waals surface area contributed by atoms with E-state index in [2.05, 4.69) is 74.6 Å². The molecule has 0 spiro atoms. The van der Waals surface area contributed by atoms with Crippen molar-refractivity contribution in [1.29, 1.82) is 0 Å². The van der Waals surface area contributed by atoms with E-state index in [4.69, 9.17) is 17.3 Å². The summed E-state index contributed by atoms with van der Waals surface area (Å²) in [4.78, 5) is 11.7. The molecular weight excluding hydrogens is 402 g/mol. The molecule has 0 bridgehead atoms. The summed E-state index contributed by atoms with van der Waals surface area (Å²) in [6.07, 6.45) is 3.32. The molecule has 0 heterocycles. The molecule has 0 aromatic heterocycles. The average Bonchev–Trinajstić information content (AvgIpc) is 2.75. The Morgan fingerprint density at radius 2 is 1.61 bits per heavy atom. The number of fused-ring (bicyclic) bond motifs is 1. The summed E-state index contributed by atoms with van der Waals surface area (Å²) in [5, 5.41) is 12.3. The van der Waals surface area contributed by atoms with Crippen LogP contribution in [0, 0.1) is 6.92 Å². The molecule has 1 aliphatic carbocycles. The van der Waals surface area contributed by atoms with Crippen molar-refractivity contribution in [2.75, 3.05) is 5.32 Å². The number of carboxylic acids is 1. The van der Waals surface area contributed by atoms with E-state index in [1.165, 1.54) is 27.8 Å². The van der Waals surface area contributed by atoms with E-state index >= 15 is 0 Å². The van der Waals surface area contributed by atoms with E-state index in [-0.39, 0.29) is 11.0 Å². The number of aryl methyl sites for hydroxylation is 1. The second kappa shape index (κ2) is 8.12. The molecule has 0 aliphatic heterocycles. The molecule has 0 atom stereocenters. The summed E-state index contributed by atoms with van der Waals surface area (Å²) in [6, 6.07) is 21.7. The molecule has 0 unspecified atom stereocenters. The Bertz CT molecular complexity index is 1190. The summed E-state index contributed by atoms with van der Waals surface area (Å²) >= 11 is 5.67. The molecular formula is C27H25NO2S. The zero-order valence-electron chi connectivity index (χ0n) is 17.9. The van der Waals surface area contributed by atoms with Crippen LogP contribution >= 0.6 is 12.2 Å². The van der Waals surface area contributed by atoms with Gasteiger partial charge in [0, 0.05) is 11.3 Å². The standard InChI is InChI=1S/C27H25NO2S/c1-17-4-6-18(7-5-17)22-14-15-27(2,3)24-13-10-20(16-23(22)24)25(31)28-21-11-8-19(9-12-21)26(29)30/h4-14,16H,15H2,1-3H3,(H,28,31)(H,29,30). The van der Waals surface area contributed by atoms with Gasteiger partial charge in [-0.25, -0.2) is 4.79 Å². The van der Waals surface area contributed by atoms with Crippen molar-refractivity contribution in [3.8, 4) is 0 Å². The quantitative estimate of drug-likeness (QED) is 0.461. The minimum absolute atomic E-state index is 0.0593. The van der Waals surface area contributed by atoms with Crippen LogP contribution in [-0.2, 0) is 5.41 Å². The molecule has 3 aromatic rings. The van der Waals surface area contributed by atoms with Crippen molar-refractivity contribution in [3.05, 3.63) is 106 Å². The minimum atomic E-state index is -0.943. The third-order valence-corrected chi connectivity index (χ3v) is 6.21. The fourth-order valence-electron chi connectivity index (χ4n) is 3.98. The highest BCUT2D eigenvalue weighted by Gasteiger charge is 2.29. The van der Waals surface area contributed by atoms with Crippen LogP contribution in [0.25, 0.3) is 5.57 Å². The van der Waals surface area contributed by atoms with Gasteiger partial charge >= 0.3 is 5.97 Å². The van der Waals surface area contributed by atoms with Gasteiger partial charge in [-0.05, 0) is 71.4 Å². The molecule has 0 saturated carbocycles. The Morgan fingerprint density at radius 3 is 2.26 bits per heavy atom. The first-order valence-corrected chi connectivity index (χ1v) is 10.7. The number of carboxylic acid groups (broad SMARTS) is 1. The number of hydrogen-bond acceptors (Lipinski definition) is 2. The molecule has 0 amide bonds. The first-order valence-electron chi connectivity index (χ1n) is 10.3. The fraction of sp³-hybridized carbons (Fsp3) is 0.185. The number of thiocarbonyl (C=S) groups is 1. The maximum atomic E-state index is 11.1. The Kier molecular flexibility index (Phi) is 5.50. The Morgan fingerprint density at radius 1 is 0.968 bits per heavy atom. The van der Waals surface area contributed by atoms with Crippen molar-refractivity contribution < 1.29 is 9.90 Å². The highest BCUT2D eigenvalue weighted by molar-refractivity contribution is 7.81. The van der Waals surface area contributed by atoms with E-state index in [1.807, 2.05) is 0 Å². The van der Waals surface area contributed by atoms with Crippen molar-refractivity contribution in [3.63, 3.8) is 0 Å². The Hall–Kier alpha value is -3.24. The molecule has 1 aliphatic rings. The number of benzene rings is 3. The van der Waals surface area contributed by atoms with Crippen LogP contribution in [0.4, 0.5) is 5.69 Å². The predicted molar refractivity (Wildman–Crippen MR) is 131 cm³/mol. The molecule has 0 radical (unpaired) electrons. The maximum absolute atomic E-state index is 11.1. The van der Waals surface area contributed by atoms with Crippen LogP contribution in [0.5, 0.6) is 0 Å². The second-order valence-electron chi connectivity index (χ2n) is 8.67. The van der Waals surface area contributed by atoms with Gasteiger partial charge in [0.25, 0.3) is 0 Å². The number of allylic oxidation sites excluding steroid dienone is 1. The zero-order chi connectivity index (χ0) is 22.2. The molecule has 156 valence electrons. The van der Waals surface area contributed by atoms with Crippen molar-refractivity contribution in [2.45, 2.75) is 32.6 Å². The smallest absolute Gasteiger partial charge is 0.335 e. The van der Waals surface area contributed by atoms with Gasteiger partial charge < -0.3 is 10.4 Å². The Labute approximate surface area is 188 Å². The fourth-order valence-corrected chi connectivity index (χ4v) is 4.23. The molecule has 3 nitrogen and oxygen atoms in total. The van der Waals surface area contributed by atoms with E-state index in [0.717, 1.165) is 17.7 Å². The maximum Gasteiger partial charge on any atom is 0.335 e. The van der Waals surface area contributed by atoms with E-state index in [9.17, 15) is 4.79 Å². The summed E-state index contributed by atoms with van der Waals surface area (Å²) in [5.41, 5.74) is 8.24. The largest absolute Gasteiger partial charge is 0.478 e. The molecule has 0 saturated heterocycles. The van der Waals surface area contributed by atoms with Gasteiger partial charge in [0.1, 0.15) is 4.99 Å². The van der Waals surface area contributed by atoms with Gasteiger partial charge in [-0.2, -0.15) is 0 Å². The van der Waals surface area contributed by atoms with Gasteiger partial charge in [-0.3, -0.25) is 0 Å². The van der Waals surface area contributed by atoms with E-state index in [1.54, 1.807) is 24.3 Å². The first-order chi connectivity index (χ1) is 14.7. The molecule has 3 aromatic carbocycles. The van der Waals surface area contributed by atoms with Crippen LogP contribution in [0.2, 0.25) is 0 Å². The monoisotopic (exact) mass is 427 g/mol. The number of rotatable bonds is 4. The van der Waals surface area contributed by atoms with Crippen LogP contribution in [0.3, 0.4) is 0 Å². The third kappa shape index (κ3) is 4.30. The number of anilines is 1. The lowest BCUT2D eigenvalue weighted by molar-refractivity contribution is 0.0697. The van der Waals surface area contributed by atoms with Gasteiger partial charge in [-0.1, -0.05) is 74.1 Å². The normalized spacial score (nSPS) is 14.4. The van der Waals surface area contributed by atoms with Gasteiger partial charge in [0.2, 0.25) is 0 Å². The van der Waals surface area contributed by atoms with E-state index < -0.39 is 5.97 Å². The summed E-state index contributed by atoms with van der Waals surface area (Å²) in [7, 11) is 0. The first kappa shape index (κ1) is 21.0. The lowest BCUT2D eigenvalue weighted by atomic mass is 9.72. The van der Waals surface area contributed by atoms with Gasteiger partial charge in [-0.15, -0.1) is 0 Å². The van der Waals surface area contributed by atoms with Gasteiger partial charge in [0.15, 0.2) is 0 Å². The van der Waals surface area contributed by atoms with Crippen molar-refractivity contribution in [2.24, 2.45) is 0 Å². The predicted octanol–water partition coefficient (Wildman–Crippen LogP) is 6.59. The number of nitrogens with one attached hydrogen (secondary N) is 1. The summed E-state index contributed by atoms with van der Waals surface area (Å²) in [5.74, 6) is -0.943. The summed E-state index contributed by atoms with van der Waals surface area (Å²) in [6.45, 7) is 6.64. The van der Waals surface area contributed by atoms with Crippen molar-refractivity contribution >= 4 is 34.4 Å². The number of hydrogen-bond donors (Lipinski definition) is 2. The minimum Gasteiger partial charge on any atom is -0.478 e. The van der Waals surface area contributed by atoms with Crippen LogP contribution < -0.4 is 5.32 Å². The van der Waals surface area contributed by atoms with Crippen LogP contribution in [0.15, 0.2) is 72.8 Å². The Balaban J connectivity index is 1.67. The van der Waals surface area contributed by atoms with Crippen LogP contribution in [0.1, 0.15) is 58.4 Å². The topological polar surface area (TPSA) is 49.3 Å². The molecule has 0 fully saturated rings. The SMILES string of the molecule is Cc1ccc(C2=CCC(C)(C)c3ccc(C(=S)Nc4ccc(C(=O)O)cc4)cc32)cc1. The second-order valence-corrected chi connectivity index (χ2v) is 9.08. The lowest BCUT2D eigenvalue weighted by Gasteiger charge is -2.32. The molecule has 31 heavy (non-hydrogen) atoms. The van der Waals surface area contributed by atoms with Gasteiger partial charge in [0.05, 0.1) is 5.56 Å². The molecule has 4 heteroatoms. The summed E-state index contributed by atoms with van der Waals surface area (Å²) < 4.78 is 0. The molecule has 2 N–H and O–H groups in total.